The summed E-state index contributed by atoms with van der Waals surface area (Å²) in [5, 5.41) is 0. The van der Waals surface area contributed by atoms with Gasteiger partial charge in [0.05, 0.1) is 5.41 Å². The van der Waals surface area contributed by atoms with Crippen LogP contribution in [0, 0.1) is 34.5 Å². The van der Waals surface area contributed by atoms with Crippen LogP contribution in [0.25, 0.3) is 0 Å². The monoisotopic (exact) mass is 412 g/mol. The molecule has 0 saturated heterocycles. The zero-order chi connectivity index (χ0) is 22.1. The second-order valence-electron chi connectivity index (χ2n) is 11.1. The third-order valence-electron chi connectivity index (χ3n) is 8.66. The average molecular weight is 413 g/mol. The van der Waals surface area contributed by atoms with Crippen LogP contribution >= 0.6 is 0 Å². The summed E-state index contributed by atoms with van der Waals surface area (Å²) in [5.41, 5.74) is 1.21. The minimum Gasteiger partial charge on any atom is -0.303 e. The number of allylic oxidation sites excluding steroid dienone is 4. The first-order valence-corrected chi connectivity index (χ1v) is 12.0. The zero-order valence-electron chi connectivity index (χ0n) is 19.6. The standard InChI is InChI=1S/C27H40O3/c1-18(2)7-6-8-19(3)23-11-12-24(27(23,5)15-16-28)22-10-9-20-17-21(29)13-14-26(20,4)25(22)30/h9-10,16,18-19,23-24H,6-8,11-15,17H2,1-5H3/t19-,23-,24+,26+,27-/m1/s1. The Morgan fingerprint density at radius 1 is 1.10 bits per heavy atom. The SMILES string of the molecule is CC(C)CCC[C@@H](C)[C@H]1CC[C@@H](C2=CC=C3CC(=O)CC[C@]3(C)C2=O)[C@]1(C)CC=O. The molecule has 3 rings (SSSR count). The summed E-state index contributed by atoms with van der Waals surface area (Å²) >= 11 is 0. The van der Waals surface area contributed by atoms with Crippen molar-refractivity contribution in [2.75, 3.05) is 0 Å². The fraction of sp³-hybridized carbons (Fsp3) is 0.741. The van der Waals surface area contributed by atoms with Gasteiger partial charge in [-0.25, -0.2) is 0 Å². The molecule has 0 radical (unpaired) electrons. The van der Waals surface area contributed by atoms with Gasteiger partial charge in [-0.15, -0.1) is 0 Å². The fourth-order valence-corrected chi connectivity index (χ4v) is 6.64. The van der Waals surface area contributed by atoms with E-state index in [4.69, 9.17) is 0 Å². The number of Topliss-reactive ketones (excluding diaryl/α,β-unsaturated/α-hetero) is 2. The molecule has 166 valence electrons. The number of fused-ring (bicyclic) bond motifs is 1. The minimum absolute atomic E-state index is 0.139. The topological polar surface area (TPSA) is 51.2 Å². The Morgan fingerprint density at radius 3 is 2.50 bits per heavy atom. The zero-order valence-corrected chi connectivity index (χ0v) is 19.6. The average Bonchev–Trinajstić information content (AvgIpc) is 3.00. The molecule has 0 heterocycles. The number of ketones is 2. The van der Waals surface area contributed by atoms with Crippen LogP contribution in [0.2, 0.25) is 0 Å². The van der Waals surface area contributed by atoms with Crippen molar-refractivity contribution in [3.8, 4) is 0 Å². The van der Waals surface area contributed by atoms with Gasteiger partial charge in [-0.05, 0) is 66.4 Å². The lowest BCUT2D eigenvalue weighted by Gasteiger charge is -2.43. The van der Waals surface area contributed by atoms with Crippen molar-refractivity contribution in [2.45, 2.75) is 92.4 Å². The van der Waals surface area contributed by atoms with E-state index in [1.807, 2.05) is 13.0 Å². The summed E-state index contributed by atoms with van der Waals surface area (Å²) in [4.78, 5) is 37.3. The van der Waals surface area contributed by atoms with Gasteiger partial charge in [0.2, 0.25) is 0 Å². The summed E-state index contributed by atoms with van der Waals surface area (Å²) in [6.45, 7) is 11.2. The molecule has 3 aliphatic rings. The van der Waals surface area contributed by atoms with Gasteiger partial charge in [0.25, 0.3) is 0 Å². The van der Waals surface area contributed by atoms with E-state index < -0.39 is 5.41 Å². The molecule has 0 bridgehead atoms. The Kier molecular flexibility index (Phi) is 6.89. The molecule has 0 spiro atoms. The molecule has 3 nitrogen and oxygen atoms in total. The van der Waals surface area contributed by atoms with E-state index in [-0.39, 0.29) is 22.9 Å². The largest absolute Gasteiger partial charge is 0.303 e. The van der Waals surface area contributed by atoms with Crippen molar-refractivity contribution in [2.24, 2.45) is 34.5 Å². The van der Waals surface area contributed by atoms with Crippen LogP contribution in [0.1, 0.15) is 92.4 Å². The lowest BCUT2D eigenvalue weighted by Crippen LogP contribution is -2.42. The highest BCUT2D eigenvalue weighted by Crippen LogP contribution is 2.58. The molecule has 3 heteroatoms. The summed E-state index contributed by atoms with van der Waals surface area (Å²) in [6, 6.07) is 0. The van der Waals surface area contributed by atoms with Gasteiger partial charge >= 0.3 is 0 Å². The van der Waals surface area contributed by atoms with Crippen LogP contribution in [0.5, 0.6) is 0 Å². The quantitative estimate of drug-likeness (QED) is 0.442. The molecule has 0 amide bonds. The smallest absolute Gasteiger partial charge is 0.169 e. The van der Waals surface area contributed by atoms with Gasteiger partial charge in [0, 0.05) is 19.3 Å². The Hall–Kier alpha value is -1.51. The number of hydrogen-bond donors (Lipinski definition) is 0. The summed E-state index contributed by atoms with van der Waals surface area (Å²) in [5.74, 6) is 2.35. The highest BCUT2D eigenvalue weighted by Gasteiger charge is 2.53. The van der Waals surface area contributed by atoms with Crippen molar-refractivity contribution >= 4 is 17.9 Å². The van der Waals surface area contributed by atoms with Crippen LogP contribution in [-0.2, 0) is 14.4 Å². The van der Waals surface area contributed by atoms with Crippen LogP contribution in [-0.4, -0.2) is 17.9 Å². The van der Waals surface area contributed by atoms with Crippen LogP contribution < -0.4 is 0 Å². The number of rotatable bonds is 8. The van der Waals surface area contributed by atoms with E-state index in [1.165, 1.54) is 19.3 Å². The Balaban J connectivity index is 1.85. The van der Waals surface area contributed by atoms with Gasteiger partial charge in [-0.1, -0.05) is 59.1 Å². The normalized spacial score (nSPS) is 35.1. The maximum Gasteiger partial charge on any atom is 0.169 e. The molecule has 3 aliphatic carbocycles. The second kappa shape index (κ2) is 8.93. The maximum absolute atomic E-state index is 13.7. The molecule has 30 heavy (non-hydrogen) atoms. The first-order valence-electron chi connectivity index (χ1n) is 12.0. The molecule has 0 aromatic carbocycles. The van der Waals surface area contributed by atoms with Gasteiger partial charge in [-0.3, -0.25) is 9.59 Å². The van der Waals surface area contributed by atoms with E-state index in [0.29, 0.717) is 37.5 Å². The Labute approximate surface area is 182 Å². The molecule has 0 aromatic heterocycles. The van der Waals surface area contributed by atoms with Gasteiger partial charge in [0.15, 0.2) is 5.78 Å². The minimum atomic E-state index is -0.527. The van der Waals surface area contributed by atoms with Gasteiger partial charge in [0.1, 0.15) is 12.1 Å². The number of aldehydes is 1. The fourth-order valence-electron chi connectivity index (χ4n) is 6.64. The maximum atomic E-state index is 13.7. The molecule has 0 aliphatic heterocycles. The van der Waals surface area contributed by atoms with Crippen LogP contribution in [0.15, 0.2) is 23.3 Å². The first-order chi connectivity index (χ1) is 14.1. The van der Waals surface area contributed by atoms with Crippen molar-refractivity contribution in [1.29, 1.82) is 0 Å². The van der Waals surface area contributed by atoms with E-state index >= 15 is 0 Å². The summed E-state index contributed by atoms with van der Waals surface area (Å²) in [6.07, 6.45) is 12.9. The van der Waals surface area contributed by atoms with Crippen molar-refractivity contribution in [1.82, 2.24) is 0 Å². The predicted octanol–water partition coefficient (Wildman–Crippen LogP) is 6.27. The lowest BCUT2D eigenvalue weighted by atomic mass is 9.59. The van der Waals surface area contributed by atoms with Crippen LogP contribution in [0.4, 0.5) is 0 Å². The second-order valence-corrected chi connectivity index (χ2v) is 11.1. The highest BCUT2D eigenvalue weighted by atomic mass is 16.1. The molecule has 2 saturated carbocycles. The molecule has 0 N–H and O–H groups in total. The molecular formula is C27H40O3. The van der Waals surface area contributed by atoms with E-state index in [9.17, 15) is 14.4 Å². The van der Waals surface area contributed by atoms with Gasteiger partial charge < -0.3 is 4.79 Å². The first kappa shape index (κ1) is 23.2. The number of carbonyl (C=O) groups excluding carboxylic acids is 3. The number of hydrogen-bond acceptors (Lipinski definition) is 3. The molecular weight excluding hydrogens is 372 g/mol. The Bertz CT molecular complexity index is 758. The summed E-state index contributed by atoms with van der Waals surface area (Å²) < 4.78 is 0. The molecule has 0 unspecified atom stereocenters. The van der Waals surface area contributed by atoms with Gasteiger partial charge in [-0.2, -0.15) is 0 Å². The number of carbonyl (C=O) groups is 3. The molecule has 0 aromatic rings. The third kappa shape index (κ3) is 4.14. The van der Waals surface area contributed by atoms with Crippen molar-refractivity contribution in [3.63, 3.8) is 0 Å². The third-order valence-corrected chi connectivity index (χ3v) is 8.66. The van der Waals surface area contributed by atoms with Crippen LogP contribution in [0.3, 0.4) is 0 Å². The molecule has 2 fully saturated rings. The van der Waals surface area contributed by atoms with Crippen molar-refractivity contribution in [3.05, 3.63) is 23.3 Å². The lowest BCUT2D eigenvalue weighted by molar-refractivity contribution is -0.127. The van der Waals surface area contributed by atoms with E-state index in [2.05, 4.69) is 33.8 Å². The Morgan fingerprint density at radius 2 is 1.83 bits per heavy atom. The predicted molar refractivity (Wildman–Crippen MR) is 121 cm³/mol. The highest BCUT2D eigenvalue weighted by molar-refractivity contribution is 6.05. The molecule has 5 atom stereocenters. The van der Waals surface area contributed by atoms with Crippen molar-refractivity contribution < 1.29 is 14.4 Å². The summed E-state index contributed by atoms with van der Waals surface area (Å²) in [7, 11) is 0. The van der Waals surface area contributed by atoms with E-state index in [1.54, 1.807) is 0 Å². The van der Waals surface area contributed by atoms with E-state index in [0.717, 1.165) is 36.2 Å².